The van der Waals surface area contributed by atoms with E-state index in [4.69, 9.17) is 5.26 Å². The molecule has 1 saturated carbocycles. The van der Waals surface area contributed by atoms with Crippen LogP contribution in [-0.4, -0.2) is 14.5 Å². The number of aryl methyl sites for hydroxylation is 1. The Labute approximate surface area is 108 Å². The molecule has 1 N–H and O–H groups in total. The van der Waals surface area contributed by atoms with Crippen LogP contribution in [0.15, 0.2) is 23.1 Å². The third kappa shape index (κ3) is 2.71. The summed E-state index contributed by atoms with van der Waals surface area (Å²) in [5, 5.41) is 8.84. The van der Waals surface area contributed by atoms with Crippen LogP contribution in [0.5, 0.6) is 0 Å². The minimum absolute atomic E-state index is 0.0418. The first kappa shape index (κ1) is 13.1. The van der Waals surface area contributed by atoms with Crippen molar-refractivity contribution in [1.29, 1.82) is 5.26 Å². The molecular formula is C13H16N2O2S. The first-order chi connectivity index (χ1) is 8.53. The van der Waals surface area contributed by atoms with Gasteiger partial charge in [-0.3, -0.25) is 0 Å². The second kappa shape index (κ2) is 5.09. The van der Waals surface area contributed by atoms with Gasteiger partial charge < -0.3 is 0 Å². The maximum absolute atomic E-state index is 12.3. The average Bonchev–Trinajstić information content (AvgIpc) is 2.81. The molecule has 0 radical (unpaired) electrons. The third-order valence-corrected chi connectivity index (χ3v) is 4.95. The van der Waals surface area contributed by atoms with Gasteiger partial charge in [0.25, 0.3) is 0 Å². The number of benzene rings is 1. The van der Waals surface area contributed by atoms with Gasteiger partial charge in [0.15, 0.2) is 0 Å². The third-order valence-electron chi connectivity index (χ3n) is 3.28. The quantitative estimate of drug-likeness (QED) is 0.908. The summed E-state index contributed by atoms with van der Waals surface area (Å²) in [5.41, 5.74) is 1.03. The summed E-state index contributed by atoms with van der Waals surface area (Å²) in [6.07, 6.45) is 3.95. The highest BCUT2D eigenvalue weighted by atomic mass is 32.2. The van der Waals surface area contributed by atoms with Gasteiger partial charge in [0.05, 0.1) is 16.5 Å². The van der Waals surface area contributed by atoms with Crippen molar-refractivity contribution in [3.8, 4) is 6.07 Å². The second-order valence-corrected chi connectivity index (χ2v) is 6.38. The maximum Gasteiger partial charge on any atom is 0.241 e. The Morgan fingerprint density at radius 3 is 2.61 bits per heavy atom. The lowest BCUT2D eigenvalue weighted by atomic mass is 10.2. The molecule has 0 spiro atoms. The molecule has 0 aromatic heterocycles. The van der Waals surface area contributed by atoms with Crippen molar-refractivity contribution in [3.63, 3.8) is 0 Å². The maximum atomic E-state index is 12.3. The van der Waals surface area contributed by atoms with E-state index in [1.807, 2.05) is 6.07 Å². The van der Waals surface area contributed by atoms with E-state index < -0.39 is 10.0 Å². The fourth-order valence-electron chi connectivity index (χ4n) is 2.29. The number of sulfonamides is 1. The van der Waals surface area contributed by atoms with Crippen LogP contribution in [0.1, 0.15) is 36.8 Å². The molecule has 2 rings (SSSR count). The molecule has 1 aliphatic carbocycles. The van der Waals surface area contributed by atoms with Crippen molar-refractivity contribution >= 4 is 10.0 Å². The molecule has 96 valence electrons. The van der Waals surface area contributed by atoms with Crippen LogP contribution in [0.2, 0.25) is 0 Å². The molecular weight excluding hydrogens is 248 g/mol. The molecule has 1 aliphatic rings. The number of nitriles is 1. The van der Waals surface area contributed by atoms with E-state index in [9.17, 15) is 8.42 Å². The van der Waals surface area contributed by atoms with Gasteiger partial charge in [0.2, 0.25) is 10.0 Å². The highest BCUT2D eigenvalue weighted by molar-refractivity contribution is 7.89. The van der Waals surface area contributed by atoms with Crippen molar-refractivity contribution in [2.24, 2.45) is 0 Å². The smallest absolute Gasteiger partial charge is 0.208 e. The van der Waals surface area contributed by atoms with Crippen LogP contribution >= 0.6 is 0 Å². The van der Waals surface area contributed by atoms with Crippen LogP contribution in [0, 0.1) is 18.3 Å². The zero-order valence-electron chi connectivity index (χ0n) is 10.3. The first-order valence-electron chi connectivity index (χ1n) is 6.06. The summed E-state index contributed by atoms with van der Waals surface area (Å²) in [7, 11) is -3.51. The van der Waals surface area contributed by atoms with Crippen LogP contribution < -0.4 is 4.72 Å². The van der Waals surface area contributed by atoms with Gasteiger partial charge in [-0.1, -0.05) is 18.9 Å². The fraction of sp³-hybridized carbons (Fsp3) is 0.462. The fourth-order valence-corrected chi connectivity index (χ4v) is 3.86. The lowest BCUT2D eigenvalue weighted by Crippen LogP contribution is -2.33. The van der Waals surface area contributed by atoms with Gasteiger partial charge in [0, 0.05) is 6.04 Å². The van der Waals surface area contributed by atoms with Crippen LogP contribution in [-0.2, 0) is 10.0 Å². The number of hydrogen-bond acceptors (Lipinski definition) is 3. The molecule has 5 heteroatoms. The SMILES string of the molecule is Cc1ccc(C#N)cc1S(=O)(=O)NC1CCCC1. The van der Waals surface area contributed by atoms with E-state index >= 15 is 0 Å². The highest BCUT2D eigenvalue weighted by Gasteiger charge is 2.24. The average molecular weight is 264 g/mol. The largest absolute Gasteiger partial charge is 0.241 e. The Kier molecular flexibility index (Phi) is 3.69. The Bertz CT molecular complexity index is 581. The van der Waals surface area contributed by atoms with Gasteiger partial charge in [-0.25, -0.2) is 13.1 Å². The minimum atomic E-state index is -3.51. The predicted octanol–water partition coefficient (Wildman–Crippen LogP) is 2.09. The molecule has 1 fully saturated rings. The minimum Gasteiger partial charge on any atom is -0.208 e. The topological polar surface area (TPSA) is 70.0 Å². The Balaban J connectivity index is 2.31. The monoisotopic (exact) mass is 264 g/mol. The number of hydrogen-bond donors (Lipinski definition) is 1. The van der Waals surface area contributed by atoms with Crippen LogP contribution in [0.25, 0.3) is 0 Å². The molecule has 0 saturated heterocycles. The summed E-state index contributed by atoms with van der Waals surface area (Å²) in [4.78, 5) is 0.216. The molecule has 0 bridgehead atoms. The van der Waals surface area contributed by atoms with Gasteiger partial charge in [-0.15, -0.1) is 0 Å². The van der Waals surface area contributed by atoms with Crippen molar-refractivity contribution < 1.29 is 8.42 Å². The first-order valence-corrected chi connectivity index (χ1v) is 7.54. The summed E-state index contributed by atoms with van der Waals surface area (Å²) in [6, 6.07) is 6.74. The van der Waals surface area contributed by atoms with Crippen molar-refractivity contribution in [2.45, 2.75) is 43.5 Å². The summed E-state index contributed by atoms with van der Waals surface area (Å²) < 4.78 is 27.2. The van der Waals surface area contributed by atoms with E-state index in [0.717, 1.165) is 25.7 Å². The number of rotatable bonds is 3. The molecule has 4 nitrogen and oxygen atoms in total. The van der Waals surface area contributed by atoms with E-state index in [2.05, 4.69) is 4.72 Å². The van der Waals surface area contributed by atoms with E-state index in [1.54, 1.807) is 19.1 Å². The van der Waals surface area contributed by atoms with E-state index in [1.165, 1.54) is 6.07 Å². The van der Waals surface area contributed by atoms with E-state index in [-0.39, 0.29) is 10.9 Å². The molecule has 0 heterocycles. The van der Waals surface area contributed by atoms with Gasteiger partial charge in [-0.05, 0) is 37.5 Å². The molecule has 0 amide bonds. The second-order valence-electron chi connectivity index (χ2n) is 4.69. The van der Waals surface area contributed by atoms with Crippen molar-refractivity contribution in [1.82, 2.24) is 4.72 Å². The van der Waals surface area contributed by atoms with Gasteiger partial charge >= 0.3 is 0 Å². The Hall–Kier alpha value is -1.38. The molecule has 0 unspecified atom stereocenters. The standard InChI is InChI=1S/C13H16N2O2S/c1-10-6-7-11(9-14)8-13(10)18(16,17)15-12-4-2-3-5-12/h6-8,12,15H,2-5H2,1H3. The highest BCUT2D eigenvalue weighted by Crippen LogP contribution is 2.22. The Morgan fingerprint density at radius 2 is 2.00 bits per heavy atom. The number of nitrogens with one attached hydrogen (secondary N) is 1. The van der Waals surface area contributed by atoms with E-state index in [0.29, 0.717) is 11.1 Å². The molecule has 0 aliphatic heterocycles. The summed E-state index contributed by atoms with van der Waals surface area (Å²) in [6.45, 7) is 1.74. The van der Waals surface area contributed by atoms with Gasteiger partial charge in [0.1, 0.15) is 0 Å². The lowest BCUT2D eigenvalue weighted by Gasteiger charge is -2.14. The molecule has 1 aromatic carbocycles. The lowest BCUT2D eigenvalue weighted by molar-refractivity contribution is 0.551. The van der Waals surface area contributed by atoms with Crippen LogP contribution in [0.4, 0.5) is 0 Å². The molecule has 1 aromatic rings. The van der Waals surface area contributed by atoms with Crippen molar-refractivity contribution in [2.75, 3.05) is 0 Å². The molecule has 18 heavy (non-hydrogen) atoms. The normalized spacial score (nSPS) is 16.7. The summed E-state index contributed by atoms with van der Waals surface area (Å²) in [5.74, 6) is 0. The molecule has 0 atom stereocenters. The van der Waals surface area contributed by atoms with Gasteiger partial charge in [-0.2, -0.15) is 5.26 Å². The number of nitrogens with zero attached hydrogens (tertiary/aromatic N) is 1. The van der Waals surface area contributed by atoms with Crippen LogP contribution in [0.3, 0.4) is 0 Å². The summed E-state index contributed by atoms with van der Waals surface area (Å²) >= 11 is 0. The zero-order valence-corrected chi connectivity index (χ0v) is 11.1. The Morgan fingerprint density at radius 1 is 1.33 bits per heavy atom. The van der Waals surface area contributed by atoms with Crippen molar-refractivity contribution in [3.05, 3.63) is 29.3 Å². The zero-order chi connectivity index (χ0) is 13.2. The predicted molar refractivity (Wildman–Crippen MR) is 68.5 cm³/mol.